The molecule has 2 nitrogen and oxygen atoms in total. The van der Waals surface area contributed by atoms with Crippen LogP contribution in [0.3, 0.4) is 0 Å². The van der Waals surface area contributed by atoms with Gasteiger partial charge in [-0.2, -0.15) is 0 Å². The molecule has 0 fully saturated rings. The van der Waals surface area contributed by atoms with E-state index >= 15 is 0 Å². The van der Waals surface area contributed by atoms with E-state index in [1.54, 1.807) is 18.7 Å². The topological polar surface area (TPSA) is 37.3 Å². The van der Waals surface area contributed by atoms with Crippen LogP contribution in [0.25, 0.3) is 0 Å². The minimum Gasteiger partial charge on any atom is -0.480 e. The molecule has 0 aliphatic rings. The Bertz CT molecular complexity index is 293. The molecule has 1 N–H and O–H groups in total. The lowest BCUT2D eigenvalue weighted by Gasteiger charge is -2.31. The van der Waals surface area contributed by atoms with Gasteiger partial charge < -0.3 is 5.11 Å². The molecule has 0 radical (unpaired) electrons. The van der Waals surface area contributed by atoms with Crippen molar-refractivity contribution in [2.24, 2.45) is 5.41 Å². The van der Waals surface area contributed by atoms with Crippen LogP contribution in [0.4, 0.5) is 0 Å². The predicted octanol–water partition coefficient (Wildman–Crippen LogP) is 4.43. The second-order valence-electron chi connectivity index (χ2n) is 5.95. The molecule has 1 atom stereocenters. The zero-order valence-corrected chi connectivity index (χ0v) is 13.8. The monoisotopic (exact) mass is 294 g/mol. The lowest BCUT2D eigenvalue weighted by molar-refractivity contribution is -0.136. The summed E-state index contributed by atoms with van der Waals surface area (Å²) in [6, 6.07) is 0. The first-order valence-electron chi connectivity index (χ1n) is 5.55. The SMILES string of the molecule is CC(SC(=S)SC(C)(C)CC(C)(C)C)C(=O)O. The van der Waals surface area contributed by atoms with Gasteiger partial charge in [-0.3, -0.25) is 4.79 Å². The number of rotatable bonds is 4. The summed E-state index contributed by atoms with van der Waals surface area (Å²) in [5, 5.41) is 8.35. The summed E-state index contributed by atoms with van der Waals surface area (Å²) in [6.07, 6.45) is 1.03. The number of thiocarbonyl (C=S) groups is 1. The van der Waals surface area contributed by atoms with Crippen LogP contribution in [0, 0.1) is 5.41 Å². The predicted molar refractivity (Wildman–Crippen MR) is 83.0 cm³/mol. The Balaban J connectivity index is 4.33. The van der Waals surface area contributed by atoms with E-state index in [1.165, 1.54) is 11.8 Å². The molecule has 0 aliphatic carbocycles. The van der Waals surface area contributed by atoms with Crippen LogP contribution < -0.4 is 0 Å². The number of carboxylic acid groups (broad SMARTS) is 1. The fourth-order valence-electron chi connectivity index (χ4n) is 1.76. The largest absolute Gasteiger partial charge is 0.480 e. The van der Waals surface area contributed by atoms with Gasteiger partial charge in [0.15, 0.2) is 0 Å². The third kappa shape index (κ3) is 8.91. The quantitative estimate of drug-likeness (QED) is 0.777. The Hall–Kier alpha value is 0.260. The zero-order valence-electron chi connectivity index (χ0n) is 11.4. The van der Waals surface area contributed by atoms with Crippen LogP contribution in [0.5, 0.6) is 0 Å². The maximum atomic E-state index is 10.7. The van der Waals surface area contributed by atoms with E-state index in [2.05, 4.69) is 34.6 Å². The highest BCUT2D eigenvalue weighted by Crippen LogP contribution is 2.40. The van der Waals surface area contributed by atoms with Crippen molar-refractivity contribution in [1.29, 1.82) is 0 Å². The molecule has 0 heterocycles. The van der Waals surface area contributed by atoms with Crippen molar-refractivity contribution in [2.45, 2.75) is 58.0 Å². The van der Waals surface area contributed by atoms with Crippen molar-refractivity contribution in [1.82, 2.24) is 0 Å². The van der Waals surface area contributed by atoms with E-state index in [0.29, 0.717) is 3.53 Å². The van der Waals surface area contributed by atoms with E-state index in [4.69, 9.17) is 17.3 Å². The average Bonchev–Trinajstić information content (AvgIpc) is 1.96. The van der Waals surface area contributed by atoms with E-state index in [9.17, 15) is 4.79 Å². The summed E-state index contributed by atoms with van der Waals surface area (Å²) in [7, 11) is 0. The molecule has 17 heavy (non-hydrogen) atoms. The summed E-state index contributed by atoms with van der Waals surface area (Å²) >= 11 is 8.11. The Kier molecular flexibility index (Phi) is 6.53. The molecular formula is C12H22O2S3. The van der Waals surface area contributed by atoms with Gasteiger partial charge in [-0.1, -0.05) is 58.6 Å². The maximum Gasteiger partial charge on any atom is 0.316 e. The zero-order chi connectivity index (χ0) is 13.9. The Labute approximate surface area is 118 Å². The first-order chi connectivity index (χ1) is 7.43. The molecule has 0 aromatic rings. The summed E-state index contributed by atoms with van der Waals surface area (Å²) < 4.78 is 0.759. The van der Waals surface area contributed by atoms with Crippen molar-refractivity contribution < 1.29 is 9.90 Å². The molecule has 5 heteroatoms. The fourth-order valence-corrected chi connectivity index (χ4v) is 5.52. The fraction of sp³-hybridized carbons (Fsp3) is 0.833. The van der Waals surface area contributed by atoms with Gasteiger partial charge in [0.25, 0.3) is 0 Å². The molecule has 0 aliphatic heterocycles. The standard InChI is InChI=1S/C12H22O2S3/c1-8(9(13)14)16-10(15)17-12(5,6)7-11(2,3)4/h8H,7H2,1-6H3,(H,13,14). The third-order valence-electron chi connectivity index (χ3n) is 1.94. The first-order valence-corrected chi connectivity index (χ1v) is 7.66. The van der Waals surface area contributed by atoms with Crippen LogP contribution in [-0.4, -0.2) is 24.6 Å². The normalized spacial score (nSPS) is 14.5. The average molecular weight is 295 g/mol. The van der Waals surface area contributed by atoms with E-state index in [-0.39, 0.29) is 10.2 Å². The highest BCUT2D eigenvalue weighted by molar-refractivity contribution is 8.47. The molecule has 0 spiro atoms. The molecule has 0 saturated carbocycles. The molecular weight excluding hydrogens is 272 g/mol. The summed E-state index contributed by atoms with van der Waals surface area (Å²) in [5.41, 5.74) is 0.245. The molecule has 0 saturated heterocycles. The molecule has 0 amide bonds. The Morgan fingerprint density at radius 2 is 1.76 bits per heavy atom. The summed E-state index contributed by atoms with van der Waals surface area (Å²) in [4.78, 5) is 10.7. The highest BCUT2D eigenvalue weighted by Gasteiger charge is 2.28. The number of thioether (sulfide) groups is 2. The van der Waals surface area contributed by atoms with E-state index in [1.807, 2.05) is 0 Å². The number of hydrogen-bond acceptors (Lipinski definition) is 4. The van der Waals surface area contributed by atoms with Crippen LogP contribution in [-0.2, 0) is 4.79 Å². The van der Waals surface area contributed by atoms with Crippen molar-refractivity contribution >= 4 is 45.2 Å². The van der Waals surface area contributed by atoms with Crippen LogP contribution in [0.2, 0.25) is 0 Å². The molecule has 100 valence electrons. The van der Waals surface area contributed by atoms with Gasteiger partial charge in [0, 0.05) is 4.75 Å². The Morgan fingerprint density at radius 1 is 1.29 bits per heavy atom. The maximum absolute atomic E-state index is 10.7. The second-order valence-corrected chi connectivity index (χ2v) is 10.2. The number of carbonyl (C=O) groups is 1. The van der Waals surface area contributed by atoms with Gasteiger partial charge >= 0.3 is 5.97 Å². The first kappa shape index (κ1) is 17.3. The van der Waals surface area contributed by atoms with Crippen LogP contribution >= 0.6 is 35.7 Å². The van der Waals surface area contributed by atoms with Gasteiger partial charge in [0.1, 0.15) is 8.78 Å². The second kappa shape index (κ2) is 6.43. The van der Waals surface area contributed by atoms with Gasteiger partial charge in [0.05, 0.1) is 0 Å². The van der Waals surface area contributed by atoms with Crippen molar-refractivity contribution in [2.75, 3.05) is 0 Å². The Morgan fingerprint density at radius 3 is 2.12 bits per heavy atom. The van der Waals surface area contributed by atoms with Gasteiger partial charge in [-0.15, -0.1) is 11.8 Å². The van der Waals surface area contributed by atoms with Crippen molar-refractivity contribution in [3.8, 4) is 0 Å². The van der Waals surface area contributed by atoms with E-state index in [0.717, 1.165) is 6.42 Å². The minimum atomic E-state index is -0.813. The number of hydrogen-bond donors (Lipinski definition) is 1. The lowest BCUT2D eigenvalue weighted by atomic mass is 9.86. The highest BCUT2D eigenvalue weighted by atomic mass is 32.2. The molecule has 0 rings (SSSR count). The van der Waals surface area contributed by atoms with Gasteiger partial charge in [-0.25, -0.2) is 0 Å². The number of carboxylic acids is 1. The van der Waals surface area contributed by atoms with Crippen LogP contribution in [0.15, 0.2) is 0 Å². The lowest BCUT2D eigenvalue weighted by Crippen LogP contribution is -2.25. The van der Waals surface area contributed by atoms with Crippen LogP contribution in [0.1, 0.15) is 48.0 Å². The smallest absolute Gasteiger partial charge is 0.316 e. The number of aliphatic carboxylic acids is 1. The van der Waals surface area contributed by atoms with Gasteiger partial charge in [0.2, 0.25) is 0 Å². The van der Waals surface area contributed by atoms with E-state index < -0.39 is 11.2 Å². The molecule has 0 aromatic heterocycles. The van der Waals surface area contributed by atoms with Gasteiger partial charge in [-0.05, 0) is 18.8 Å². The van der Waals surface area contributed by atoms with Crippen molar-refractivity contribution in [3.63, 3.8) is 0 Å². The molecule has 1 unspecified atom stereocenters. The van der Waals surface area contributed by atoms with Crippen molar-refractivity contribution in [3.05, 3.63) is 0 Å². The molecule has 0 bridgehead atoms. The molecule has 0 aromatic carbocycles. The third-order valence-corrected chi connectivity index (χ3v) is 4.63. The summed E-state index contributed by atoms with van der Waals surface area (Å²) in [5.74, 6) is -0.813. The minimum absolute atomic E-state index is 0.0422. The summed E-state index contributed by atoms with van der Waals surface area (Å²) in [6.45, 7) is 12.6.